The molecule has 0 aromatic heterocycles. The summed E-state index contributed by atoms with van der Waals surface area (Å²) in [6.45, 7) is 4.27. The van der Waals surface area contributed by atoms with Crippen LogP contribution in [0, 0.1) is 6.07 Å². The molecule has 0 N–H and O–H groups in total. The Morgan fingerprint density at radius 3 is 0.942 bits per heavy atom. The van der Waals surface area contributed by atoms with Crippen molar-refractivity contribution in [3.8, 4) is 0 Å². The van der Waals surface area contributed by atoms with E-state index in [1.807, 2.05) is 12.1 Å². The van der Waals surface area contributed by atoms with E-state index >= 15 is 0 Å². The van der Waals surface area contributed by atoms with Crippen molar-refractivity contribution in [3.05, 3.63) is 230 Å². The minimum atomic E-state index is -0.446. The minimum absolute atomic E-state index is 0.446. The Kier molecular flexibility index (Phi) is 19.0. The molecule has 0 heterocycles. The molecule has 0 unspecified atom stereocenters. The second-order valence-electron chi connectivity index (χ2n) is 11.9. The van der Waals surface area contributed by atoms with Crippen molar-refractivity contribution in [3.63, 3.8) is 0 Å². The summed E-state index contributed by atoms with van der Waals surface area (Å²) in [6, 6.07) is 76.0. The fourth-order valence-corrected chi connectivity index (χ4v) is 10.1. The van der Waals surface area contributed by atoms with Crippen LogP contribution in [0.25, 0.3) is 0 Å². The normalized spacial score (nSPS) is 10.1. The van der Waals surface area contributed by atoms with Gasteiger partial charge in [-0.2, -0.15) is 35.9 Å². The van der Waals surface area contributed by atoms with Gasteiger partial charge >= 0.3 is 24.8 Å². The van der Waals surface area contributed by atoms with E-state index in [2.05, 4.69) is 245 Å². The Labute approximate surface area is 326 Å². The van der Waals surface area contributed by atoms with Gasteiger partial charge in [0.15, 0.2) is 0 Å². The average molecular weight is 778 g/mol. The number of halogens is 1. The molecule has 0 bridgehead atoms. The summed E-state index contributed by atoms with van der Waals surface area (Å²) in [5, 5.41) is 8.39. The van der Waals surface area contributed by atoms with Gasteiger partial charge < -0.3 is 0 Å². The van der Waals surface area contributed by atoms with Gasteiger partial charge in [-0.05, 0) is 74.4 Å². The van der Waals surface area contributed by atoms with Gasteiger partial charge in [-0.15, -0.1) is 0 Å². The number of aryl methyl sites for hydroxylation is 1. The van der Waals surface area contributed by atoms with E-state index in [4.69, 9.17) is 0 Å². The predicted molar refractivity (Wildman–Crippen MR) is 229 cm³/mol. The number of rotatable bonds is 9. The van der Waals surface area contributed by atoms with E-state index < -0.39 is 15.8 Å². The Bertz CT molecular complexity index is 1630. The second-order valence-corrected chi connectivity index (χ2v) is 16.3. The zero-order valence-electron chi connectivity index (χ0n) is 29.7. The van der Waals surface area contributed by atoms with Crippen molar-refractivity contribution in [2.75, 3.05) is 0 Å². The Morgan fingerprint density at radius 2 is 0.712 bits per heavy atom. The molecule has 0 aliphatic carbocycles. The van der Waals surface area contributed by atoms with Gasteiger partial charge in [0.1, 0.15) is 0 Å². The van der Waals surface area contributed by atoms with Gasteiger partial charge in [0.2, 0.25) is 0 Å². The summed E-state index contributed by atoms with van der Waals surface area (Å²) in [6.07, 6.45) is 4.50. The van der Waals surface area contributed by atoms with E-state index in [1.54, 1.807) is 0 Å². The maximum atomic E-state index is 4.26. The monoisotopic (exact) mass is 776 g/mol. The molecule has 265 valence electrons. The van der Waals surface area contributed by atoms with E-state index in [1.165, 1.54) is 43.0 Å². The molecule has 0 nitrogen and oxygen atoms in total. The second kappa shape index (κ2) is 24.2. The Hall–Kier alpha value is -4.08. The molecular formula is C48H45ClNiP2-. The van der Waals surface area contributed by atoms with Crippen molar-refractivity contribution in [1.29, 1.82) is 0 Å². The van der Waals surface area contributed by atoms with E-state index in [9.17, 15) is 0 Å². The Balaban J connectivity index is 0.000000175. The molecule has 0 saturated heterocycles. The number of hydrogen-bond donors (Lipinski definition) is 0. The number of allylic oxidation sites excluding steroid dienone is 2. The fourth-order valence-electron chi connectivity index (χ4n) is 5.46. The first-order valence-electron chi connectivity index (χ1n) is 17.3. The van der Waals surface area contributed by atoms with Crippen LogP contribution in [0.15, 0.2) is 218 Å². The van der Waals surface area contributed by atoms with Crippen LogP contribution < -0.4 is 31.8 Å². The molecular weight excluding hydrogens is 733 g/mol. The fraction of sp³-hybridized carbons (Fsp3) is 0.0833. The first kappa shape index (κ1) is 40.7. The zero-order chi connectivity index (χ0) is 36.6. The average Bonchev–Trinajstić information content (AvgIpc) is 3.22. The summed E-state index contributed by atoms with van der Waals surface area (Å²) >= 11 is 3.35. The van der Waals surface area contributed by atoms with Crippen LogP contribution in [0.4, 0.5) is 0 Å². The van der Waals surface area contributed by atoms with Gasteiger partial charge in [-0.25, -0.2) is 0 Å². The van der Waals surface area contributed by atoms with Crippen molar-refractivity contribution >= 4 is 57.9 Å². The van der Waals surface area contributed by atoms with E-state index in [0.717, 1.165) is 12.8 Å². The van der Waals surface area contributed by atoms with Gasteiger partial charge in [-0.1, -0.05) is 194 Å². The van der Waals surface area contributed by atoms with Crippen molar-refractivity contribution in [2.45, 2.75) is 26.7 Å². The van der Waals surface area contributed by atoms with Crippen LogP contribution in [0.2, 0.25) is 0 Å². The first-order chi connectivity index (χ1) is 25.7. The molecule has 52 heavy (non-hydrogen) atoms. The summed E-state index contributed by atoms with van der Waals surface area (Å²) in [7, 11) is 3.37. The molecule has 7 aromatic rings. The third kappa shape index (κ3) is 13.8. The van der Waals surface area contributed by atoms with Crippen LogP contribution in [0.3, 0.4) is 0 Å². The third-order valence-corrected chi connectivity index (χ3v) is 12.7. The predicted octanol–water partition coefficient (Wildman–Crippen LogP) is 11.0. The third-order valence-electron chi connectivity index (χ3n) is 7.83. The van der Waals surface area contributed by atoms with Crippen molar-refractivity contribution in [1.82, 2.24) is 0 Å². The molecule has 7 rings (SSSR count). The topological polar surface area (TPSA) is 0 Å². The van der Waals surface area contributed by atoms with E-state index in [-0.39, 0.29) is 0 Å². The molecule has 0 radical (unpaired) electrons. The molecule has 4 heteroatoms. The zero-order valence-corrected chi connectivity index (χ0v) is 33.2. The standard InChI is InChI=1S/2C18H15P.C12H15.ClH.Ni/c2*1-4-10-16(11-5-1)19(17-12-6-2-7-13-17)18-14-8-3-9-15-18;1-11(2)7-6-10-12-8-4-3-5-9-12;;/h2*1-15H;3-5,7-8H,6,10H2,1-2H3;1H;/q;;-1;;+1/p-1. The summed E-state index contributed by atoms with van der Waals surface area (Å²) in [5.41, 5.74) is 2.70. The molecule has 7 aromatic carbocycles. The first-order valence-corrected chi connectivity index (χ1v) is 21.3. The van der Waals surface area contributed by atoms with Crippen molar-refractivity contribution in [2.24, 2.45) is 0 Å². The van der Waals surface area contributed by atoms with E-state index in [0.29, 0.717) is 0 Å². The van der Waals surface area contributed by atoms with Crippen molar-refractivity contribution < 1.29 is 14.6 Å². The molecule has 0 fully saturated rings. The molecule has 0 aliphatic heterocycles. The van der Waals surface area contributed by atoms with Gasteiger partial charge in [0.25, 0.3) is 0 Å². The quantitative estimate of drug-likeness (QED) is 0.0593. The molecule has 0 saturated carbocycles. The molecule has 0 aliphatic rings. The van der Waals surface area contributed by atoms with Crippen LogP contribution in [0.5, 0.6) is 0 Å². The molecule has 0 atom stereocenters. The SMILES string of the molecule is CC(C)=CCCc1[c-]cccc1.[Cl][Ni].c1ccc(P(c2ccccc2)c2ccccc2)cc1.c1ccc(P(c2ccccc2)c2ccccc2)cc1. The maximum absolute atomic E-state index is 4.26. The molecule has 0 amide bonds. The maximum Gasteiger partial charge on any atom is -0.0134 e. The van der Waals surface area contributed by atoms with Crippen LogP contribution in [-0.4, -0.2) is 0 Å². The smallest absolute Gasteiger partial charge is 0.0134 e. The van der Waals surface area contributed by atoms with Crippen LogP contribution in [0.1, 0.15) is 25.8 Å². The van der Waals surface area contributed by atoms with Gasteiger partial charge in [0, 0.05) is 0 Å². The van der Waals surface area contributed by atoms with Crippen LogP contribution in [-0.2, 0) is 21.0 Å². The summed E-state index contributed by atoms with van der Waals surface area (Å²) in [5.74, 6) is 0. The summed E-state index contributed by atoms with van der Waals surface area (Å²) in [4.78, 5) is 0. The number of hydrogen-bond acceptors (Lipinski definition) is 0. The largest absolute Gasteiger partial charge is 0.0622 e. The van der Waals surface area contributed by atoms with Gasteiger partial charge in [0.05, 0.1) is 0 Å². The number of benzene rings is 7. The summed E-state index contributed by atoms with van der Waals surface area (Å²) < 4.78 is 0. The minimum Gasteiger partial charge on any atom is -0.0622 e. The molecule has 0 spiro atoms. The van der Waals surface area contributed by atoms with Crippen LogP contribution >= 0.6 is 26.0 Å². The van der Waals surface area contributed by atoms with Gasteiger partial charge in [-0.3, -0.25) is 0 Å². The Morgan fingerprint density at radius 1 is 0.442 bits per heavy atom.